The number of halogens is 1. The summed E-state index contributed by atoms with van der Waals surface area (Å²) < 4.78 is 5.76. The minimum absolute atomic E-state index is 0.0115. The molecule has 2 N–H and O–H groups in total. The predicted molar refractivity (Wildman–Crippen MR) is 129 cm³/mol. The SMILES string of the molecule is Cc1c(NC(=S)N=Nc2c(O)n(C)c3ccc(Br)cc23)c(=O)n(-c2ccccc2)n1C. The van der Waals surface area contributed by atoms with Crippen molar-refractivity contribution in [3.05, 3.63) is 69.1 Å². The van der Waals surface area contributed by atoms with Crippen LogP contribution in [0.25, 0.3) is 16.6 Å². The molecular weight excluding hydrogens is 480 g/mol. The fourth-order valence-electron chi connectivity index (χ4n) is 3.42. The number of fused-ring (bicyclic) bond motifs is 1. The van der Waals surface area contributed by atoms with E-state index in [9.17, 15) is 9.90 Å². The average molecular weight is 499 g/mol. The fourth-order valence-corrected chi connectivity index (χ4v) is 3.93. The van der Waals surface area contributed by atoms with Crippen molar-refractivity contribution in [1.29, 1.82) is 0 Å². The van der Waals surface area contributed by atoms with Gasteiger partial charge in [-0.25, -0.2) is 4.68 Å². The van der Waals surface area contributed by atoms with E-state index in [4.69, 9.17) is 12.2 Å². The van der Waals surface area contributed by atoms with Crippen LogP contribution in [-0.2, 0) is 14.1 Å². The number of hydrogen-bond acceptors (Lipinski definition) is 4. The van der Waals surface area contributed by atoms with Gasteiger partial charge in [-0.05, 0) is 49.5 Å². The first-order chi connectivity index (χ1) is 14.8. The van der Waals surface area contributed by atoms with E-state index < -0.39 is 0 Å². The number of thiocarbonyl (C=S) groups is 1. The van der Waals surface area contributed by atoms with Crippen molar-refractivity contribution in [2.45, 2.75) is 6.92 Å². The summed E-state index contributed by atoms with van der Waals surface area (Å²) in [6.45, 7) is 1.82. The second kappa shape index (κ2) is 8.12. The Morgan fingerprint density at radius 3 is 2.58 bits per heavy atom. The van der Waals surface area contributed by atoms with E-state index in [1.807, 2.05) is 55.5 Å². The molecule has 31 heavy (non-hydrogen) atoms. The minimum atomic E-state index is -0.249. The van der Waals surface area contributed by atoms with Crippen LogP contribution >= 0.6 is 28.1 Å². The maximum absolute atomic E-state index is 13.0. The molecule has 4 rings (SSSR count). The Hall–Kier alpha value is -3.24. The lowest BCUT2D eigenvalue weighted by molar-refractivity contribution is 0.436. The number of nitrogens with zero attached hydrogens (tertiary/aromatic N) is 5. The lowest BCUT2D eigenvalue weighted by Gasteiger charge is -2.07. The van der Waals surface area contributed by atoms with Crippen LogP contribution in [0.5, 0.6) is 5.88 Å². The van der Waals surface area contributed by atoms with Gasteiger partial charge in [0.1, 0.15) is 5.69 Å². The zero-order valence-corrected chi connectivity index (χ0v) is 19.4. The Labute approximate surface area is 191 Å². The smallest absolute Gasteiger partial charge is 0.295 e. The molecule has 8 nitrogen and oxygen atoms in total. The van der Waals surface area contributed by atoms with Gasteiger partial charge in [0.15, 0.2) is 5.69 Å². The van der Waals surface area contributed by atoms with Crippen molar-refractivity contribution in [3.63, 3.8) is 0 Å². The van der Waals surface area contributed by atoms with Gasteiger partial charge in [-0.15, -0.1) is 10.2 Å². The number of aromatic nitrogens is 3. The summed E-state index contributed by atoms with van der Waals surface area (Å²) in [5.41, 5.74) is 2.61. The molecule has 2 aromatic carbocycles. The van der Waals surface area contributed by atoms with E-state index in [0.29, 0.717) is 17.1 Å². The first kappa shape index (κ1) is 21.0. The molecule has 0 aliphatic rings. The molecule has 0 aliphatic heterocycles. The highest BCUT2D eigenvalue weighted by molar-refractivity contribution is 9.10. The zero-order chi connectivity index (χ0) is 22.3. The quantitative estimate of drug-likeness (QED) is 0.309. The van der Waals surface area contributed by atoms with E-state index in [1.165, 1.54) is 0 Å². The van der Waals surface area contributed by atoms with Crippen molar-refractivity contribution in [2.24, 2.45) is 24.3 Å². The average Bonchev–Trinajstić information content (AvgIpc) is 3.11. The van der Waals surface area contributed by atoms with Crippen LogP contribution in [0.15, 0.2) is 68.0 Å². The highest BCUT2D eigenvalue weighted by atomic mass is 79.9. The monoisotopic (exact) mass is 498 g/mol. The molecule has 0 unspecified atom stereocenters. The van der Waals surface area contributed by atoms with Crippen LogP contribution in [-0.4, -0.2) is 24.1 Å². The number of anilines is 1. The van der Waals surface area contributed by atoms with E-state index >= 15 is 0 Å². The highest BCUT2D eigenvalue weighted by Crippen LogP contribution is 2.39. The molecule has 0 radical (unpaired) electrons. The summed E-state index contributed by atoms with van der Waals surface area (Å²) in [5, 5.41) is 22.3. The van der Waals surface area contributed by atoms with Crippen LogP contribution in [0.1, 0.15) is 5.69 Å². The normalized spacial score (nSPS) is 11.5. The fraction of sp³-hybridized carbons (Fsp3) is 0.143. The molecule has 0 amide bonds. The number of nitrogens with one attached hydrogen (secondary N) is 1. The number of rotatable bonds is 3. The summed E-state index contributed by atoms with van der Waals surface area (Å²) in [4.78, 5) is 13.0. The molecule has 158 valence electrons. The minimum Gasteiger partial charge on any atom is -0.493 e. The molecule has 4 aromatic rings. The van der Waals surface area contributed by atoms with Crippen LogP contribution < -0.4 is 10.9 Å². The summed E-state index contributed by atoms with van der Waals surface area (Å²) in [5.74, 6) is -0.0259. The molecule has 0 fully saturated rings. The standard InChI is InChI=1S/C21H19BrN6O2S/c1-12-17(20(30)28(27(12)3)14-7-5-4-6-8-14)23-21(31)25-24-18-15-11-13(22)9-10-16(15)26(2)19(18)29/h4-11,29H,1-3H3,(H,23,31). The van der Waals surface area contributed by atoms with Crippen molar-refractivity contribution >= 4 is 55.5 Å². The first-order valence-electron chi connectivity index (χ1n) is 9.33. The van der Waals surface area contributed by atoms with E-state index in [2.05, 4.69) is 31.5 Å². The van der Waals surface area contributed by atoms with Gasteiger partial charge in [0.2, 0.25) is 11.0 Å². The third-order valence-electron chi connectivity index (χ3n) is 5.13. The van der Waals surface area contributed by atoms with Crippen LogP contribution in [0.2, 0.25) is 0 Å². The Bertz CT molecular complexity index is 1400. The summed E-state index contributed by atoms with van der Waals surface area (Å²) >= 11 is 8.72. The molecular formula is C21H19BrN6O2S. The molecule has 0 aliphatic carbocycles. The molecule has 0 saturated heterocycles. The number of benzene rings is 2. The van der Waals surface area contributed by atoms with Crippen molar-refractivity contribution in [2.75, 3.05) is 5.32 Å². The zero-order valence-electron chi connectivity index (χ0n) is 17.0. The largest absolute Gasteiger partial charge is 0.493 e. The molecule has 10 heteroatoms. The van der Waals surface area contributed by atoms with Crippen LogP contribution in [0, 0.1) is 6.92 Å². The Morgan fingerprint density at radius 1 is 1.16 bits per heavy atom. The Balaban J connectivity index is 1.66. The third-order valence-corrected chi connectivity index (χ3v) is 5.81. The van der Waals surface area contributed by atoms with Crippen LogP contribution in [0.3, 0.4) is 0 Å². The topological polar surface area (TPSA) is 88.8 Å². The number of hydrogen-bond donors (Lipinski definition) is 2. The van der Waals surface area contributed by atoms with Gasteiger partial charge >= 0.3 is 0 Å². The second-order valence-corrected chi connectivity index (χ2v) is 8.26. The van der Waals surface area contributed by atoms with E-state index in [0.717, 1.165) is 21.1 Å². The lowest BCUT2D eigenvalue weighted by atomic mass is 10.2. The summed E-state index contributed by atoms with van der Waals surface area (Å²) in [7, 11) is 3.53. The van der Waals surface area contributed by atoms with Gasteiger partial charge < -0.3 is 15.0 Å². The molecule has 0 saturated carbocycles. The molecule has 0 atom stereocenters. The lowest BCUT2D eigenvalue weighted by Crippen LogP contribution is -2.21. The number of aromatic hydroxyl groups is 1. The van der Waals surface area contributed by atoms with Gasteiger partial charge in [-0.2, -0.15) is 0 Å². The number of azo groups is 1. The van der Waals surface area contributed by atoms with Crippen molar-refractivity contribution in [1.82, 2.24) is 13.9 Å². The summed E-state index contributed by atoms with van der Waals surface area (Å²) in [6.07, 6.45) is 0. The van der Waals surface area contributed by atoms with Gasteiger partial charge in [0, 0.05) is 24.0 Å². The number of para-hydroxylation sites is 1. The molecule has 0 spiro atoms. The first-order valence-corrected chi connectivity index (χ1v) is 10.5. The van der Waals surface area contributed by atoms with E-state index in [1.54, 1.807) is 28.0 Å². The second-order valence-electron chi connectivity index (χ2n) is 6.96. The Morgan fingerprint density at radius 2 is 1.87 bits per heavy atom. The summed E-state index contributed by atoms with van der Waals surface area (Å²) in [6, 6.07) is 14.9. The molecule has 2 aromatic heterocycles. The van der Waals surface area contributed by atoms with Gasteiger partial charge in [-0.1, -0.05) is 34.1 Å². The van der Waals surface area contributed by atoms with E-state index in [-0.39, 0.29) is 16.6 Å². The maximum Gasteiger partial charge on any atom is 0.295 e. The van der Waals surface area contributed by atoms with Gasteiger partial charge in [0.25, 0.3) is 5.56 Å². The molecule has 2 heterocycles. The predicted octanol–water partition coefficient (Wildman–Crippen LogP) is 4.92. The highest BCUT2D eigenvalue weighted by Gasteiger charge is 2.18. The van der Waals surface area contributed by atoms with Crippen molar-refractivity contribution < 1.29 is 5.11 Å². The molecule has 0 bridgehead atoms. The Kier molecular flexibility index (Phi) is 5.50. The van der Waals surface area contributed by atoms with Crippen LogP contribution in [0.4, 0.5) is 11.4 Å². The van der Waals surface area contributed by atoms with Gasteiger partial charge in [-0.3, -0.25) is 9.48 Å². The van der Waals surface area contributed by atoms with Crippen molar-refractivity contribution in [3.8, 4) is 11.6 Å². The number of aryl methyl sites for hydroxylation is 1. The van der Waals surface area contributed by atoms with Gasteiger partial charge in [0.05, 0.1) is 16.9 Å². The third kappa shape index (κ3) is 3.68. The maximum atomic E-state index is 13.0.